The van der Waals surface area contributed by atoms with Crippen LogP contribution >= 0.6 is 0 Å². The molecule has 0 spiro atoms. The van der Waals surface area contributed by atoms with Crippen molar-refractivity contribution in [3.8, 4) is 11.1 Å². The first-order chi connectivity index (χ1) is 9.08. The molecule has 0 aliphatic heterocycles. The van der Waals surface area contributed by atoms with Crippen molar-refractivity contribution in [2.24, 2.45) is 10.7 Å². The maximum Gasteiger partial charge on any atom is 0.195 e. The zero-order valence-corrected chi connectivity index (χ0v) is 11.6. The smallest absolute Gasteiger partial charge is 0.195 e. The van der Waals surface area contributed by atoms with Gasteiger partial charge in [-0.15, -0.1) is 0 Å². The maximum absolute atomic E-state index is 5.90. The van der Waals surface area contributed by atoms with Crippen LogP contribution in [0.15, 0.2) is 53.5 Å². The number of nitrogens with two attached hydrogens (primary N) is 1. The van der Waals surface area contributed by atoms with Gasteiger partial charge in [0.05, 0.1) is 5.69 Å². The van der Waals surface area contributed by atoms with Crippen molar-refractivity contribution in [1.82, 2.24) is 4.90 Å². The van der Waals surface area contributed by atoms with Crippen LogP contribution in [0.3, 0.4) is 0 Å². The number of para-hydroxylation sites is 1. The van der Waals surface area contributed by atoms with Gasteiger partial charge in [-0.2, -0.15) is 0 Å². The Morgan fingerprint density at radius 3 is 2.26 bits per heavy atom. The highest BCUT2D eigenvalue weighted by Gasteiger charge is 2.04. The van der Waals surface area contributed by atoms with Crippen LogP contribution in [0.2, 0.25) is 0 Å². The van der Waals surface area contributed by atoms with Crippen molar-refractivity contribution < 1.29 is 0 Å². The minimum Gasteiger partial charge on any atom is -0.370 e. The molecule has 2 aromatic carbocycles. The summed E-state index contributed by atoms with van der Waals surface area (Å²) in [6, 6.07) is 16.4. The van der Waals surface area contributed by atoms with E-state index in [9.17, 15) is 0 Å². The Morgan fingerprint density at radius 1 is 1.00 bits per heavy atom. The van der Waals surface area contributed by atoms with E-state index in [1.165, 1.54) is 5.56 Å². The molecule has 0 aromatic heterocycles. The average Bonchev–Trinajstić information content (AvgIpc) is 2.40. The lowest BCUT2D eigenvalue weighted by atomic mass is 10.0. The largest absolute Gasteiger partial charge is 0.370 e. The molecule has 0 bridgehead atoms. The highest BCUT2D eigenvalue weighted by atomic mass is 15.2. The highest BCUT2D eigenvalue weighted by Crippen LogP contribution is 2.30. The summed E-state index contributed by atoms with van der Waals surface area (Å²) >= 11 is 0. The first-order valence-electron chi connectivity index (χ1n) is 6.25. The molecular formula is C16H19N3. The van der Waals surface area contributed by atoms with E-state index < -0.39 is 0 Å². The molecule has 19 heavy (non-hydrogen) atoms. The van der Waals surface area contributed by atoms with E-state index in [0.717, 1.165) is 16.8 Å². The summed E-state index contributed by atoms with van der Waals surface area (Å²) in [5, 5.41) is 0. The number of nitrogens with zero attached hydrogens (tertiary/aromatic N) is 2. The second-order valence-electron chi connectivity index (χ2n) is 4.75. The number of benzene rings is 2. The molecule has 0 unspecified atom stereocenters. The fraction of sp³-hybridized carbons (Fsp3) is 0.188. The average molecular weight is 253 g/mol. The molecule has 0 radical (unpaired) electrons. The van der Waals surface area contributed by atoms with Gasteiger partial charge in [0.25, 0.3) is 0 Å². The Hall–Kier alpha value is -2.29. The summed E-state index contributed by atoms with van der Waals surface area (Å²) in [5.41, 5.74) is 10.3. The van der Waals surface area contributed by atoms with E-state index in [4.69, 9.17) is 5.73 Å². The topological polar surface area (TPSA) is 41.6 Å². The molecule has 2 rings (SSSR count). The van der Waals surface area contributed by atoms with Crippen molar-refractivity contribution in [3.05, 3.63) is 54.1 Å². The Labute approximate surface area is 114 Å². The van der Waals surface area contributed by atoms with Gasteiger partial charge in [0, 0.05) is 19.7 Å². The number of hydrogen-bond donors (Lipinski definition) is 1. The van der Waals surface area contributed by atoms with Crippen molar-refractivity contribution in [2.75, 3.05) is 14.1 Å². The van der Waals surface area contributed by atoms with Gasteiger partial charge in [0.2, 0.25) is 0 Å². The van der Waals surface area contributed by atoms with Crippen LogP contribution in [0, 0.1) is 6.92 Å². The number of aryl methyl sites for hydroxylation is 1. The Balaban J connectivity index is 2.47. The molecule has 0 saturated carbocycles. The third-order valence-electron chi connectivity index (χ3n) is 2.96. The van der Waals surface area contributed by atoms with Gasteiger partial charge >= 0.3 is 0 Å². The van der Waals surface area contributed by atoms with E-state index in [1.807, 2.05) is 32.3 Å². The molecule has 0 amide bonds. The molecule has 0 aliphatic carbocycles. The lowest BCUT2D eigenvalue weighted by molar-refractivity contribution is 0.615. The van der Waals surface area contributed by atoms with Crippen molar-refractivity contribution >= 4 is 11.6 Å². The molecule has 0 aliphatic rings. The van der Waals surface area contributed by atoms with E-state index >= 15 is 0 Å². The number of hydrogen-bond acceptors (Lipinski definition) is 1. The summed E-state index contributed by atoms with van der Waals surface area (Å²) in [6.07, 6.45) is 0. The van der Waals surface area contributed by atoms with Crippen LogP contribution in [0.4, 0.5) is 5.69 Å². The Kier molecular flexibility index (Phi) is 3.85. The van der Waals surface area contributed by atoms with Crippen LogP contribution in [0.5, 0.6) is 0 Å². The molecule has 3 heteroatoms. The fourth-order valence-electron chi connectivity index (χ4n) is 1.77. The van der Waals surface area contributed by atoms with Crippen LogP contribution in [0.1, 0.15) is 5.56 Å². The van der Waals surface area contributed by atoms with E-state index in [0.29, 0.717) is 5.96 Å². The zero-order chi connectivity index (χ0) is 13.8. The Morgan fingerprint density at radius 2 is 1.63 bits per heavy atom. The van der Waals surface area contributed by atoms with Crippen molar-refractivity contribution in [2.45, 2.75) is 6.92 Å². The molecule has 98 valence electrons. The lowest BCUT2D eigenvalue weighted by Crippen LogP contribution is -2.29. The first-order valence-corrected chi connectivity index (χ1v) is 6.25. The molecule has 0 saturated heterocycles. The Bertz CT molecular complexity index is 583. The minimum atomic E-state index is 0.500. The van der Waals surface area contributed by atoms with Gasteiger partial charge in [-0.05, 0) is 18.6 Å². The van der Waals surface area contributed by atoms with E-state index in [-0.39, 0.29) is 0 Å². The van der Waals surface area contributed by atoms with Gasteiger partial charge in [0.1, 0.15) is 0 Å². The third-order valence-corrected chi connectivity index (χ3v) is 2.96. The molecular weight excluding hydrogens is 234 g/mol. The molecule has 0 heterocycles. The summed E-state index contributed by atoms with van der Waals surface area (Å²) < 4.78 is 0. The van der Waals surface area contributed by atoms with Gasteiger partial charge in [-0.1, -0.05) is 48.0 Å². The molecule has 2 N–H and O–H groups in total. The lowest BCUT2D eigenvalue weighted by Gasteiger charge is -2.12. The summed E-state index contributed by atoms with van der Waals surface area (Å²) in [5.74, 6) is 0.500. The molecule has 2 aromatic rings. The van der Waals surface area contributed by atoms with Gasteiger partial charge in [0.15, 0.2) is 5.96 Å². The molecule has 0 fully saturated rings. The number of guanidine groups is 1. The quantitative estimate of drug-likeness (QED) is 0.659. The van der Waals surface area contributed by atoms with Gasteiger partial charge in [-0.3, -0.25) is 0 Å². The van der Waals surface area contributed by atoms with E-state index in [2.05, 4.69) is 42.2 Å². The van der Waals surface area contributed by atoms with Crippen molar-refractivity contribution in [3.63, 3.8) is 0 Å². The summed E-state index contributed by atoms with van der Waals surface area (Å²) in [4.78, 5) is 6.28. The van der Waals surface area contributed by atoms with Gasteiger partial charge in [-0.25, -0.2) is 4.99 Å². The SMILES string of the molecule is Cc1ccc(-c2ccccc2N=C(N)N(C)C)cc1. The minimum absolute atomic E-state index is 0.500. The third kappa shape index (κ3) is 3.13. The van der Waals surface area contributed by atoms with Crippen LogP contribution in [-0.4, -0.2) is 25.0 Å². The first kappa shape index (κ1) is 13.1. The number of aliphatic imine (C=N–C) groups is 1. The predicted octanol–water partition coefficient (Wildman–Crippen LogP) is 3.17. The fourth-order valence-corrected chi connectivity index (χ4v) is 1.77. The maximum atomic E-state index is 5.90. The van der Waals surface area contributed by atoms with Crippen LogP contribution < -0.4 is 5.73 Å². The summed E-state index contributed by atoms with van der Waals surface area (Å²) in [7, 11) is 3.76. The summed E-state index contributed by atoms with van der Waals surface area (Å²) in [6.45, 7) is 2.08. The second-order valence-corrected chi connectivity index (χ2v) is 4.75. The van der Waals surface area contributed by atoms with Crippen molar-refractivity contribution in [1.29, 1.82) is 0 Å². The highest BCUT2D eigenvalue weighted by molar-refractivity contribution is 5.85. The second kappa shape index (κ2) is 5.57. The zero-order valence-electron chi connectivity index (χ0n) is 11.6. The molecule has 0 atom stereocenters. The standard InChI is InChI=1S/C16H19N3/c1-12-8-10-13(11-9-12)14-6-4-5-7-15(14)18-16(17)19(2)3/h4-11H,1-3H3,(H2,17,18). The monoisotopic (exact) mass is 253 g/mol. The van der Waals surface area contributed by atoms with Gasteiger partial charge < -0.3 is 10.6 Å². The van der Waals surface area contributed by atoms with E-state index in [1.54, 1.807) is 4.90 Å². The number of rotatable bonds is 2. The van der Waals surface area contributed by atoms with Crippen LogP contribution in [0.25, 0.3) is 11.1 Å². The predicted molar refractivity (Wildman–Crippen MR) is 81.6 cm³/mol. The normalized spacial score (nSPS) is 11.4. The molecule has 3 nitrogen and oxygen atoms in total. The van der Waals surface area contributed by atoms with Crippen LogP contribution in [-0.2, 0) is 0 Å².